The highest BCUT2D eigenvalue weighted by Gasteiger charge is 2.34. The first-order valence-corrected chi connectivity index (χ1v) is 7.51. The Balaban J connectivity index is 1.82. The van der Waals surface area contributed by atoms with Crippen LogP contribution in [0.1, 0.15) is 36.3 Å². The number of hydrogen-bond acceptors (Lipinski definition) is 3. The normalized spacial score (nSPS) is 21.9. The molecule has 1 heterocycles. The Kier molecular flexibility index (Phi) is 4.03. The molecule has 3 rings (SSSR count). The molecule has 1 atom stereocenters. The molecule has 0 radical (unpaired) electrons. The number of aliphatic hydroxyl groups excluding tert-OH is 1. The molecule has 1 aromatic carbocycles. The summed E-state index contributed by atoms with van der Waals surface area (Å²) in [6, 6.07) is 8.51. The van der Waals surface area contributed by atoms with E-state index in [9.17, 15) is 9.90 Å². The van der Waals surface area contributed by atoms with Crippen LogP contribution < -0.4 is 5.32 Å². The minimum Gasteiger partial charge on any atom is -0.395 e. The van der Waals surface area contributed by atoms with Crippen LogP contribution in [-0.4, -0.2) is 41.7 Å². The van der Waals surface area contributed by atoms with Crippen LogP contribution in [0, 0.1) is 0 Å². The number of rotatable bonds is 4. The van der Waals surface area contributed by atoms with E-state index in [2.05, 4.69) is 17.4 Å². The van der Waals surface area contributed by atoms with Gasteiger partial charge in [-0.3, -0.25) is 4.79 Å². The highest BCUT2D eigenvalue weighted by Crippen LogP contribution is 2.30. The van der Waals surface area contributed by atoms with Gasteiger partial charge in [0.2, 0.25) is 5.91 Å². The van der Waals surface area contributed by atoms with Crippen molar-refractivity contribution in [3.63, 3.8) is 0 Å². The third kappa shape index (κ3) is 2.45. The third-order valence-electron chi connectivity index (χ3n) is 4.53. The molecule has 4 nitrogen and oxygen atoms in total. The van der Waals surface area contributed by atoms with Crippen LogP contribution in [0.25, 0.3) is 0 Å². The monoisotopic (exact) mass is 274 g/mol. The van der Waals surface area contributed by atoms with Crippen LogP contribution >= 0.6 is 0 Å². The molecular weight excluding hydrogens is 252 g/mol. The van der Waals surface area contributed by atoms with Crippen molar-refractivity contribution in [3.05, 3.63) is 35.4 Å². The van der Waals surface area contributed by atoms with Crippen molar-refractivity contribution < 1.29 is 9.90 Å². The summed E-state index contributed by atoms with van der Waals surface area (Å²) in [6.45, 7) is 2.04. The molecule has 1 saturated carbocycles. The van der Waals surface area contributed by atoms with E-state index in [1.165, 1.54) is 12.0 Å². The van der Waals surface area contributed by atoms with E-state index in [4.69, 9.17) is 0 Å². The Morgan fingerprint density at radius 2 is 2.15 bits per heavy atom. The first kappa shape index (κ1) is 13.6. The van der Waals surface area contributed by atoms with Crippen molar-refractivity contribution in [2.24, 2.45) is 0 Å². The maximum Gasteiger partial charge on any atom is 0.231 e. The molecule has 1 amide bonds. The fourth-order valence-electron chi connectivity index (χ4n) is 3.20. The molecule has 0 bridgehead atoms. The SMILES string of the molecule is O=C(C1CNCc2ccccc21)N(CCO)C1CCC1. The average Bonchev–Trinajstić information content (AvgIpc) is 2.43. The quantitative estimate of drug-likeness (QED) is 0.869. The maximum absolute atomic E-state index is 12.9. The molecule has 0 spiro atoms. The van der Waals surface area contributed by atoms with Crippen LogP contribution in [0.4, 0.5) is 0 Å². The molecule has 1 aliphatic heterocycles. The van der Waals surface area contributed by atoms with E-state index in [-0.39, 0.29) is 18.4 Å². The van der Waals surface area contributed by atoms with Crippen LogP contribution in [0.15, 0.2) is 24.3 Å². The van der Waals surface area contributed by atoms with Gasteiger partial charge in [0.1, 0.15) is 0 Å². The topological polar surface area (TPSA) is 52.6 Å². The van der Waals surface area contributed by atoms with Crippen molar-refractivity contribution in [2.75, 3.05) is 19.7 Å². The Hall–Kier alpha value is -1.39. The molecule has 1 aliphatic carbocycles. The lowest BCUT2D eigenvalue weighted by molar-refractivity contribution is -0.137. The van der Waals surface area contributed by atoms with Gasteiger partial charge in [-0.15, -0.1) is 0 Å². The minimum absolute atomic E-state index is 0.0457. The number of carbonyl (C=O) groups excluding carboxylic acids is 1. The van der Waals surface area contributed by atoms with Crippen molar-refractivity contribution >= 4 is 5.91 Å². The minimum atomic E-state index is -0.105. The zero-order chi connectivity index (χ0) is 13.9. The fourth-order valence-corrected chi connectivity index (χ4v) is 3.20. The largest absolute Gasteiger partial charge is 0.395 e. The second kappa shape index (κ2) is 5.94. The van der Waals surface area contributed by atoms with E-state index in [0.29, 0.717) is 19.1 Å². The highest BCUT2D eigenvalue weighted by molar-refractivity contribution is 5.85. The standard InChI is InChI=1S/C16H22N2O2/c19-9-8-18(13-5-3-6-13)16(20)15-11-17-10-12-4-1-2-7-14(12)15/h1-2,4,7,13,15,17,19H,3,5-6,8-11H2. The van der Waals surface area contributed by atoms with E-state index >= 15 is 0 Å². The number of nitrogens with zero attached hydrogens (tertiary/aromatic N) is 1. The highest BCUT2D eigenvalue weighted by atomic mass is 16.3. The number of benzene rings is 1. The lowest BCUT2D eigenvalue weighted by Crippen LogP contribution is -2.49. The van der Waals surface area contributed by atoms with Gasteiger partial charge in [0, 0.05) is 25.7 Å². The zero-order valence-electron chi connectivity index (χ0n) is 11.7. The average molecular weight is 274 g/mol. The third-order valence-corrected chi connectivity index (χ3v) is 4.53. The smallest absolute Gasteiger partial charge is 0.231 e. The molecule has 0 aromatic heterocycles. The number of carbonyl (C=O) groups is 1. The summed E-state index contributed by atoms with van der Waals surface area (Å²) >= 11 is 0. The lowest BCUT2D eigenvalue weighted by Gasteiger charge is -2.40. The van der Waals surface area contributed by atoms with Gasteiger partial charge in [0.15, 0.2) is 0 Å². The van der Waals surface area contributed by atoms with Crippen molar-refractivity contribution in [1.82, 2.24) is 10.2 Å². The first-order valence-electron chi connectivity index (χ1n) is 7.51. The zero-order valence-corrected chi connectivity index (χ0v) is 11.7. The predicted molar refractivity (Wildman–Crippen MR) is 77.3 cm³/mol. The fraction of sp³-hybridized carbons (Fsp3) is 0.562. The van der Waals surface area contributed by atoms with Crippen LogP contribution in [0.3, 0.4) is 0 Å². The van der Waals surface area contributed by atoms with E-state index < -0.39 is 0 Å². The molecule has 2 N–H and O–H groups in total. The number of aliphatic hydroxyl groups is 1. The molecule has 108 valence electrons. The molecule has 2 aliphatic rings. The summed E-state index contributed by atoms with van der Waals surface area (Å²) in [7, 11) is 0. The van der Waals surface area contributed by atoms with Crippen molar-refractivity contribution in [3.8, 4) is 0 Å². The molecule has 1 aromatic rings. The van der Waals surface area contributed by atoms with Gasteiger partial charge in [0.05, 0.1) is 12.5 Å². The second-order valence-corrected chi connectivity index (χ2v) is 5.72. The predicted octanol–water partition coefficient (Wildman–Crippen LogP) is 1.25. The van der Waals surface area contributed by atoms with Gasteiger partial charge in [-0.2, -0.15) is 0 Å². The molecule has 20 heavy (non-hydrogen) atoms. The molecule has 0 saturated heterocycles. The molecule has 1 unspecified atom stereocenters. The Labute approximate surface area is 119 Å². The number of hydrogen-bond donors (Lipinski definition) is 2. The first-order chi connectivity index (χ1) is 9.81. The van der Waals surface area contributed by atoms with E-state index in [0.717, 1.165) is 24.9 Å². The Morgan fingerprint density at radius 3 is 2.85 bits per heavy atom. The van der Waals surface area contributed by atoms with Gasteiger partial charge < -0.3 is 15.3 Å². The molecular formula is C16H22N2O2. The van der Waals surface area contributed by atoms with Gasteiger partial charge in [-0.1, -0.05) is 24.3 Å². The Morgan fingerprint density at radius 1 is 1.35 bits per heavy atom. The summed E-state index contributed by atoms with van der Waals surface area (Å²) in [5.41, 5.74) is 2.37. The van der Waals surface area contributed by atoms with Crippen molar-refractivity contribution in [2.45, 2.75) is 37.8 Å². The lowest BCUT2D eigenvalue weighted by atomic mass is 9.86. The second-order valence-electron chi connectivity index (χ2n) is 5.72. The van der Waals surface area contributed by atoms with Gasteiger partial charge >= 0.3 is 0 Å². The van der Waals surface area contributed by atoms with Gasteiger partial charge in [0.25, 0.3) is 0 Å². The van der Waals surface area contributed by atoms with Crippen molar-refractivity contribution in [1.29, 1.82) is 0 Å². The summed E-state index contributed by atoms with van der Waals surface area (Å²) in [6.07, 6.45) is 3.35. The Bertz CT molecular complexity index is 485. The summed E-state index contributed by atoms with van der Waals surface area (Å²) in [4.78, 5) is 14.8. The summed E-state index contributed by atoms with van der Waals surface area (Å²) in [5, 5.41) is 12.6. The summed E-state index contributed by atoms with van der Waals surface area (Å²) < 4.78 is 0. The van der Waals surface area contributed by atoms with Crippen LogP contribution in [0.2, 0.25) is 0 Å². The van der Waals surface area contributed by atoms with E-state index in [1.807, 2.05) is 17.0 Å². The van der Waals surface area contributed by atoms with Crippen LogP contribution in [-0.2, 0) is 11.3 Å². The number of nitrogens with one attached hydrogen (secondary N) is 1. The number of amides is 1. The van der Waals surface area contributed by atoms with Gasteiger partial charge in [-0.25, -0.2) is 0 Å². The van der Waals surface area contributed by atoms with Gasteiger partial charge in [-0.05, 0) is 30.4 Å². The van der Waals surface area contributed by atoms with Crippen LogP contribution in [0.5, 0.6) is 0 Å². The number of fused-ring (bicyclic) bond motifs is 1. The molecule has 1 fully saturated rings. The summed E-state index contributed by atoms with van der Waals surface area (Å²) in [5.74, 6) is 0.0653. The maximum atomic E-state index is 12.9. The van der Waals surface area contributed by atoms with E-state index in [1.54, 1.807) is 0 Å². The molecule has 4 heteroatoms.